The molecular weight excluding hydrogens is 442 g/mol. The first-order valence-corrected chi connectivity index (χ1v) is 12.7. The maximum absolute atomic E-state index is 11.1. The fourth-order valence-corrected chi connectivity index (χ4v) is 5.56. The second-order valence-electron chi connectivity index (χ2n) is 7.68. The van der Waals surface area contributed by atoms with E-state index in [9.17, 15) is 13.0 Å². The third kappa shape index (κ3) is 3.92. The van der Waals surface area contributed by atoms with Gasteiger partial charge in [0.1, 0.15) is 10.7 Å². The summed E-state index contributed by atoms with van der Waals surface area (Å²) in [5.74, 6) is 0.589. The molecule has 0 unspecified atom stereocenters. The molecule has 0 atom stereocenters. The minimum atomic E-state index is -4.25. The zero-order valence-corrected chi connectivity index (χ0v) is 19.1. The van der Waals surface area contributed by atoms with E-state index >= 15 is 0 Å². The van der Waals surface area contributed by atoms with Gasteiger partial charge in [-0.05, 0) is 48.9 Å². The first kappa shape index (κ1) is 20.8. The van der Waals surface area contributed by atoms with Gasteiger partial charge in [0, 0.05) is 18.2 Å². The standard InChI is InChI=1S/C24H21N3O3S2/c1-17-26(14-7-15-32(28,29)30)22-16-18(24-25-20-10-5-6-11-23(20)31-24)12-13-21(22)27(17)19-8-3-2-4-9-19/h2-6,8-13,16H,7,14-15H2,1H3. The van der Waals surface area contributed by atoms with Gasteiger partial charge in [-0.2, -0.15) is 4.57 Å². The van der Waals surface area contributed by atoms with Crippen LogP contribution in [0, 0.1) is 6.92 Å². The maximum atomic E-state index is 11.1. The molecule has 0 radical (unpaired) electrons. The number of aryl methyl sites for hydroxylation is 1. The maximum Gasteiger partial charge on any atom is 0.259 e. The van der Waals surface area contributed by atoms with Gasteiger partial charge in [0.05, 0.1) is 26.9 Å². The van der Waals surface area contributed by atoms with E-state index in [1.165, 1.54) is 0 Å². The molecule has 3 aromatic carbocycles. The number of hydrogen-bond acceptors (Lipinski definition) is 5. The van der Waals surface area contributed by atoms with Gasteiger partial charge >= 0.3 is 0 Å². The van der Waals surface area contributed by atoms with E-state index in [-0.39, 0.29) is 12.2 Å². The summed E-state index contributed by atoms with van der Waals surface area (Å²) in [4.78, 5) is 4.78. The lowest BCUT2D eigenvalue weighted by Gasteiger charge is -2.06. The van der Waals surface area contributed by atoms with Crippen LogP contribution in [0.5, 0.6) is 0 Å². The molecule has 0 saturated heterocycles. The average Bonchev–Trinajstić information content (AvgIpc) is 3.32. The van der Waals surface area contributed by atoms with E-state index < -0.39 is 10.1 Å². The number of hydrogen-bond donors (Lipinski definition) is 0. The molecule has 0 bridgehead atoms. The van der Waals surface area contributed by atoms with Gasteiger partial charge in [-0.15, -0.1) is 11.3 Å². The molecule has 0 fully saturated rings. The molecule has 6 nitrogen and oxygen atoms in total. The first-order valence-electron chi connectivity index (χ1n) is 10.3. The number of aromatic nitrogens is 3. The summed E-state index contributed by atoms with van der Waals surface area (Å²) in [6, 6.07) is 24.4. The van der Waals surface area contributed by atoms with Crippen molar-refractivity contribution in [2.45, 2.75) is 19.9 Å². The Hall–Kier alpha value is -3.07. The van der Waals surface area contributed by atoms with E-state index in [1.54, 1.807) is 11.3 Å². The van der Waals surface area contributed by atoms with Crippen molar-refractivity contribution >= 4 is 42.7 Å². The Morgan fingerprint density at radius 2 is 1.78 bits per heavy atom. The number of imidazole rings is 1. The van der Waals surface area contributed by atoms with Crippen LogP contribution in [0.1, 0.15) is 12.2 Å². The molecular formula is C24H21N3O3S2. The van der Waals surface area contributed by atoms with Gasteiger partial charge in [-0.3, -0.25) is 0 Å². The predicted molar refractivity (Wildman–Crippen MR) is 126 cm³/mol. The Bertz CT molecular complexity index is 1500. The highest BCUT2D eigenvalue weighted by Gasteiger charge is 2.24. The molecule has 2 aromatic heterocycles. The zero-order chi connectivity index (χ0) is 22.3. The third-order valence-electron chi connectivity index (χ3n) is 5.55. The lowest BCUT2D eigenvalue weighted by atomic mass is 10.2. The van der Waals surface area contributed by atoms with Gasteiger partial charge < -0.3 is 4.55 Å². The van der Waals surface area contributed by atoms with Crippen molar-refractivity contribution in [1.29, 1.82) is 0 Å². The second-order valence-corrected chi connectivity index (χ2v) is 10.2. The van der Waals surface area contributed by atoms with Crippen molar-refractivity contribution in [3.8, 4) is 16.3 Å². The summed E-state index contributed by atoms with van der Waals surface area (Å²) in [5.41, 5.74) is 5.00. The summed E-state index contributed by atoms with van der Waals surface area (Å²) in [6.45, 7) is 2.45. The monoisotopic (exact) mass is 463 g/mol. The van der Waals surface area contributed by atoms with Gasteiger partial charge in [-0.25, -0.2) is 18.0 Å². The Morgan fingerprint density at radius 1 is 1.03 bits per heavy atom. The molecule has 0 aliphatic heterocycles. The summed E-state index contributed by atoms with van der Waals surface area (Å²) in [5, 5.41) is 0.937. The predicted octanol–water partition coefficient (Wildman–Crippen LogP) is 4.44. The molecule has 0 spiro atoms. The van der Waals surface area contributed by atoms with Crippen LogP contribution >= 0.6 is 11.3 Å². The van der Waals surface area contributed by atoms with Crippen LogP contribution in [0.2, 0.25) is 0 Å². The number of benzene rings is 3. The molecule has 0 aliphatic rings. The van der Waals surface area contributed by atoms with E-state index in [0.29, 0.717) is 6.54 Å². The summed E-state index contributed by atoms with van der Waals surface area (Å²) < 4.78 is 38.8. The highest BCUT2D eigenvalue weighted by molar-refractivity contribution is 7.85. The quantitative estimate of drug-likeness (QED) is 0.275. The van der Waals surface area contributed by atoms with E-state index in [4.69, 9.17) is 4.98 Å². The van der Waals surface area contributed by atoms with Crippen LogP contribution in [-0.2, 0) is 16.7 Å². The van der Waals surface area contributed by atoms with E-state index in [0.717, 1.165) is 43.3 Å². The summed E-state index contributed by atoms with van der Waals surface area (Å²) >= 11 is 1.65. The molecule has 0 N–H and O–H groups in total. The van der Waals surface area contributed by atoms with Crippen molar-refractivity contribution in [2.75, 3.05) is 5.75 Å². The number of fused-ring (bicyclic) bond motifs is 2. The van der Waals surface area contributed by atoms with Gasteiger partial charge in [0.25, 0.3) is 5.82 Å². The molecule has 0 aliphatic carbocycles. The topological polar surface area (TPSA) is 78.9 Å². The largest absolute Gasteiger partial charge is 0.748 e. The number of thiazole rings is 1. The van der Waals surface area contributed by atoms with Crippen LogP contribution < -0.4 is 4.57 Å². The van der Waals surface area contributed by atoms with Crippen molar-refractivity contribution in [3.05, 3.63) is 78.6 Å². The first-order chi connectivity index (χ1) is 15.4. The molecule has 5 rings (SSSR count). The normalized spacial score (nSPS) is 12.1. The van der Waals surface area contributed by atoms with Gasteiger partial charge in [-0.1, -0.05) is 30.3 Å². The number of rotatable bonds is 6. The molecule has 32 heavy (non-hydrogen) atoms. The number of para-hydroxylation sites is 2. The van der Waals surface area contributed by atoms with Crippen molar-refractivity contribution in [2.24, 2.45) is 0 Å². The average molecular weight is 464 g/mol. The van der Waals surface area contributed by atoms with Crippen molar-refractivity contribution in [3.63, 3.8) is 0 Å². The molecule has 2 heterocycles. The molecule has 0 amide bonds. The number of nitrogens with zero attached hydrogens (tertiary/aromatic N) is 3. The fraction of sp³-hybridized carbons (Fsp3) is 0.167. The summed E-state index contributed by atoms with van der Waals surface area (Å²) in [7, 11) is -4.25. The molecule has 8 heteroatoms. The lowest BCUT2D eigenvalue weighted by molar-refractivity contribution is -0.677. The van der Waals surface area contributed by atoms with Gasteiger partial charge in [0.15, 0.2) is 11.0 Å². The van der Waals surface area contributed by atoms with Gasteiger partial charge in [0.2, 0.25) is 0 Å². The van der Waals surface area contributed by atoms with E-state index in [1.807, 2.05) is 55.5 Å². The highest BCUT2D eigenvalue weighted by Crippen LogP contribution is 2.32. The third-order valence-corrected chi connectivity index (χ3v) is 7.43. The Kier molecular flexibility index (Phi) is 5.28. The molecule has 162 valence electrons. The molecule has 0 saturated carbocycles. The van der Waals surface area contributed by atoms with Crippen molar-refractivity contribution < 1.29 is 17.5 Å². The van der Waals surface area contributed by atoms with Crippen LogP contribution in [0.3, 0.4) is 0 Å². The van der Waals surface area contributed by atoms with Crippen LogP contribution in [0.15, 0.2) is 72.8 Å². The highest BCUT2D eigenvalue weighted by atomic mass is 32.2. The fourth-order valence-electron chi connectivity index (χ4n) is 4.11. The SMILES string of the molecule is Cc1n(-c2ccccc2)c2ccc(-c3nc4ccccc4s3)cc2[n+]1CCCS(=O)(=O)[O-]. The minimum absolute atomic E-state index is 0.261. The Morgan fingerprint density at radius 3 is 2.53 bits per heavy atom. The van der Waals surface area contributed by atoms with Crippen LogP contribution in [-0.4, -0.2) is 28.3 Å². The molecule has 5 aromatic rings. The summed E-state index contributed by atoms with van der Waals surface area (Å²) in [6.07, 6.45) is 0.261. The van der Waals surface area contributed by atoms with Crippen LogP contribution in [0.25, 0.3) is 37.5 Å². The zero-order valence-electron chi connectivity index (χ0n) is 17.4. The van der Waals surface area contributed by atoms with E-state index in [2.05, 4.69) is 33.4 Å². The Labute approximate surface area is 190 Å². The van der Waals surface area contributed by atoms with Crippen LogP contribution in [0.4, 0.5) is 0 Å². The Balaban J connectivity index is 1.66. The lowest BCUT2D eigenvalue weighted by Crippen LogP contribution is -2.37. The van der Waals surface area contributed by atoms with Crippen molar-refractivity contribution in [1.82, 2.24) is 9.55 Å². The smallest absolute Gasteiger partial charge is 0.259 e. The second kappa shape index (κ2) is 8.12. The minimum Gasteiger partial charge on any atom is -0.748 e.